The molecule has 0 aromatic rings. The van der Waals surface area contributed by atoms with E-state index in [0.29, 0.717) is 12.1 Å². The van der Waals surface area contributed by atoms with Crippen LogP contribution in [0.2, 0.25) is 0 Å². The molecule has 62 valence electrons. The molecule has 1 saturated heterocycles. The molecular formula is C8H13NO2. The van der Waals surface area contributed by atoms with E-state index in [1.54, 1.807) is 0 Å². The molecule has 2 aliphatic rings. The van der Waals surface area contributed by atoms with Crippen LogP contribution in [0.4, 0.5) is 0 Å². The molecule has 1 amide bonds. The number of amides is 1. The molecule has 1 N–H and O–H groups in total. The monoisotopic (exact) mass is 155 g/mol. The van der Waals surface area contributed by atoms with Crippen LogP contribution in [0, 0.1) is 0 Å². The van der Waals surface area contributed by atoms with Crippen LogP contribution in [0.3, 0.4) is 0 Å². The second-order valence-electron chi connectivity index (χ2n) is 3.31. The van der Waals surface area contributed by atoms with Crippen LogP contribution in [-0.4, -0.2) is 24.7 Å². The lowest BCUT2D eigenvalue weighted by molar-refractivity contribution is -0.138. The predicted octanol–water partition coefficient (Wildman–Crippen LogP) is 0.444. The van der Waals surface area contributed by atoms with Gasteiger partial charge in [-0.1, -0.05) is 12.8 Å². The van der Waals surface area contributed by atoms with Gasteiger partial charge in [-0.25, -0.2) is 0 Å². The summed E-state index contributed by atoms with van der Waals surface area (Å²) < 4.78 is 5.38. The molecule has 0 radical (unpaired) electrons. The summed E-state index contributed by atoms with van der Waals surface area (Å²) in [7, 11) is 0. The molecule has 11 heavy (non-hydrogen) atoms. The van der Waals surface area contributed by atoms with E-state index in [-0.39, 0.29) is 12.5 Å². The van der Waals surface area contributed by atoms with Crippen molar-refractivity contribution in [2.75, 3.05) is 6.61 Å². The number of carbonyl (C=O) groups is 1. The lowest BCUT2D eigenvalue weighted by atomic mass is 9.91. The molecule has 0 aromatic carbocycles. The van der Waals surface area contributed by atoms with Gasteiger partial charge in [-0.15, -0.1) is 0 Å². The van der Waals surface area contributed by atoms with Crippen LogP contribution in [0.1, 0.15) is 25.7 Å². The van der Waals surface area contributed by atoms with Crippen molar-refractivity contribution in [1.82, 2.24) is 5.32 Å². The van der Waals surface area contributed by atoms with Gasteiger partial charge in [0, 0.05) is 0 Å². The first kappa shape index (κ1) is 7.10. The number of rotatable bonds is 0. The molecule has 3 nitrogen and oxygen atoms in total. The van der Waals surface area contributed by atoms with Gasteiger partial charge in [0.05, 0.1) is 12.1 Å². The van der Waals surface area contributed by atoms with E-state index in [1.807, 2.05) is 0 Å². The summed E-state index contributed by atoms with van der Waals surface area (Å²) in [5.41, 5.74) is 0. The fraction of sp³-hybridized carbons (Fsp3) is 0.875. The van der Waals surface area contributed by atoms with Crippen molar-refractivity contribution in [2.24, 2.45) is 0 Å². The van der Waals surface area contributed by atoms with Crippen molar-refractivity contribution in [2.45, 2.75) is 37.8 Å². The van der Waals surface area contributed by atoms with Gasteiger partial charge in [-0.2, -0.15) is 0 Å². The summed E-state index contributed by atoms with van der Waals surface area (Å²) in [5.74, 6) is 0.0492. The summed E-state index contributed by atoms with van der Waals surface area (Å²) in [6, 6.07) is 0.310. The van der Waals surface area contributed by atoms with E-state index in [4.69, 9.17) is 4.74 Å². The van der Waals surface area contributed by atoms with E-state index >= 15 is 0 Å². The summed E-state index contributed by atoms with van der Waals surface area (Å²) in [6.45, 7) is 0.265. The van der Waals surface area contributed by atoms with E-state index < -0.39 is 0 Å². The molecule has 3 heteroatoms. The second-order valence-corrected chi connectivity index (χ2v) is 3.31. The first-order chi connectivity index (χ1) is 5.36. The molecule has 1 saturated carbocycles. The van der Waals surface area contributed by atoms with Gasteiger partial charge in [-0.3, -0.25) is 4.79 Å². The largest absolute Gasteiger partial charge is 0.366 e. The Hall–Kier alpha value is -0.570. The fourth-order valence-corrected chi connectivity index (χ4v) is 1.89. The highest BCUT2D eigenvalue weighted by Gasteiger charge is 2.31. The van der Waals surface area contributed by atoms with Gasteiger partial charge in [0.2, 0.25) is 5.91 Å². The highest BCUT2D eigenvalue weighted by Crippen LogP contribution is 2.22. The lowest BCUT2D eigenvalue weighted by Crippen LogP contribution is -2.52. The minimum absolute atomic E-state index is 0.0492. The van der Waals surface area contributed by atoms with E-state index in [2.05, 4.69) is 5.32 Å². The zero-order valence-electron chi connectivity index (χ0n) is 6.51. The molecule has 1 heterocycles. The van der Waals surface area contributed by atoms with Crippen LogP contribution in [0.25, 0.3) is 0 Å². The van der Waals surface area contributed by atoms with E-state index in [1.165, 1.54) is 12.8 Å². The quantitative estimate of drug-likeness (QED) is 0.551. The third-order valence-corrected chi connectivity index (χ3v) is 2.48. The smallest absolute Gasteiger partial charge is 0.246 e. The van der Waals surface area contributed by atoms with Crippen molar-refractivity contribution < 1.29 is 9.53 Å². The van der Waals surface area contributed by atoms with Gasteiger partial charge < -0.3 is 10.1 Å². The maximum atomic E-state index is 10.9. The summed E-state index contributed by atoms with van der Waals surface area (Å²) in [5, 5.41) is 2.95. The lowest BCUT2D eigenvalue weighted by Gasteiger charge is -2.35. The van der Waals surface area contributed by atoms with Crippen LogP contribution in [0.15, 0.2) is 0 Å². The minimum atomic E-state index is 0.0492. The number of carbonyl (C=O) groups excluding carboxylic acids is 1. The predicted molar refractivity (Wildman–Crippen MR) is 40.1 cm³/mol. The first-order valence-electron chi connectivity index (χ1n) is 4.27. The molecule has 2 unspecified atom stereocenters. The Morgan fingerprint density at radius 3 is 3.09 bits per heavy atom. The summed E-state index contributed by atoms with van der Waals surface area (Å²) >= 11 is 0. The number of morpholine rings is 1. The van der Waals surface area contributed by atoms with Gasteiger partial charge in [0.1, 0.15) is 6.61 Å². The molecule has 1 aliphatic carbocycles. The van der Waals surface area contributed by atoms with Crippen molar-refractivity contribution in [3.05, 3.63) is 0 Å². The van der Waals surface area contributed by atoms with E-state index in [0.717, 1.165) is 12.8 Å². The van der Waals surface area contributed by atoms with Crippen LogP contribution < -0.4 is 5.32 Å². The fourth-order valence-electron chi connectivity index (χ4n) is 1.89. The van der Waals surface area contributed by atoms with Crippen molar-refractivity contribution in [3.8, 4) is 0 Å². The number of hydrogen-bond donors (Lipinski definition) is 1. The molecular weight excluding hydrogens is 142 g/mol. The molecule has 2 fully saturated rings. The number of nitrogens with one attached hydrogen (secondary N) is 1. The maximum Gasteiger partial charge on any atom is 0.246 e. The molecule has 0 aromatic heterocycles. The Bertz CT molecular complexity index is 169. The third-order valence-electron chi connectivity index (χ3n) is 2.48. The first-order valence-corrected chi connectivity index (χ1v) is 4.27. The Morgan fingerprint density at radius 1 is 1.36 bits per heavy atom. The normalized spacial score (nSPS) is 37.6. The zero-order valence-corrected chi connectivity index (χ0v) is 6.51. The summed E-state index contributed by atoms with van der Waals surface area (Å²) in [4.78, 5) is 10.9. The van der Waals surface area contributed by atoms with Gasteiger partial charge in [0.25, 0.3) is 0 Å². The number of ether oxygens (including phenoxy) is 1. The van der Waals surface area contributed by atoms with Crippen LogP contribution in [0.5, 0.6) is 0 Å². The summed E-state index contributed by atoms with van der Waals surface area (Å²) in [6.07, 6.45) is 4.99. The van der Waals surface area contributed by atoms with Crippen LogP contribution in [-0.2, 0) is 9.53 Å². The second kappa shape index (κ2) is 2.81. The Kier molecular flexibility index (Phi) is 1.82. The Balaban J connectivity index is 1.98. The maximum absolute atomic E-state index is 10.9. The standard InChI is InChI=1S/C8H13NO2/c10-8-5-11-7-4-2-1-3-6(7)9-8/h6-7H,1-5H2,(H,9,10). The Labute approximate surface area is 66.1 Å². The van der Waals surface area contributed by atoms with Gasteiger partial charge in [-0.05, 0) is 12.8 Å². The minimum Gasteiger partial charge on any atom is -0.366 e. The van der Waals surface area contributed by atoms with Crippen molar-refractivity contribution in [3.63, 3.8) is 0 Å². The molecule has 0 spiro atoms. The average Bonchev–Trinajstić information content (AvgIpc) is 2.04. The van der Waals surface area contributed by atoms with Gasteiger partial charge >= 0.3 is 0 Å². The SMILES string of the molecule is O=C1COC2CCCCC2N1. The topological polar surface area (TPSA) is 38.3 Å². The van der Waals surface area contributed by atoms with Crippen molar-refractivity contribution in [1.29, 1.82) is 0 Å². The third kappa shape index (κ3) is 1.38. The number of hydrogen-bond acceptors (Lipinski definition) is 2. The van der Waals surface area contributed by atoms with E-state index in [9.17, 15) is 4.79 Å². The molecule has 0 bridgehead atoms. The molecule has 2 atom stereocenters. The Morgan fingerprint density at radius 2 is 2.18 bits per heavy atom. The molecule has 2 rings (SSSR count). The highest BCUT2D eigenvalue weighted by atomic mass is 16.5. The zero-order chi connectivity index (χ0) is 7.68. The average molecular weight is 155 g/mol. The highest BCUT2D eigenvalue weighted by molar-refractivity contribution is 5.78. The number of fused-ring (bicyclic) bond motifs is 1. The van der Waals surface area contributed by atoms with Crippen molar-refractivity contribution >= 4 is 5.91 Å². The molecule has 1 aliphatic heterocycles. The van der Waals surface area contributed by atoms with Gasteiger partial charge in [0.15, 0.2) is 0 Å². The van der Waals surface area contributed by atoms with Crippen LogP contribution >= 0.6 is 0 Å².